The van der Waals surface area contributed by atoms with E-state index in [4.69, 9.17) is 4.74 Å². The van der Waals surface area contributed by atoms with Crippen molar-refractivity contribution in [3.63, 3.8) is 0 Å². The lowest BCUT2D eigenvalue weighted by atomic mass is 10.1. The first-order valence-electron chi connectivity index (χ1n) is 6.00. The van der Waals surface area contributed by atoms with Gasteiger partial charge in [0.15, 0.2) is 0 Å². The molecule has 0 amide bonds. The Hall–Kier alpha value is -1.35. The summed E-state index contributed by atoms with van der Waals surface area (Å²) in [5.74, 6) is -0.264. The van der Waals surface area contributed by atoms with E-state index in [-0.39, 0.29) is 5.97 Å². The zero-order valence-corrected chi connectivity index (χ0v) is 11.1. The SMILES string of the molecule is CCN(Cc1ccccc1C(=O)OC)C(C)C. The van der Waals surface area contributed by atoms with Gasteiger partial charge in [-0.2, -0.15) is 0 Å². The van der Waals surface area contributed by atoms with E-state index in [1.54, 1.807) is 0 Å². The molecule has 0 aliphatic carbocycles. The molecule has 0 N–H and O–H groups in total. The molecule has 0 bridgehead atoms. The van der Waals surface area contributed by atoms with Gasteiger partial charge in [-0.15, -0.1) is 0 Å². The standard InChI is InChI=1S/C14H21NO2/c1-5-15(11(2)3)10-12-8-6-7-9-13(12)14(16)17-4/h6-9,11H,5,10H2,1-4H3. The zero-order chi connectivity index (χ0) is 12.8. The highest BCUT2D eigenvalue weighted by Crippen LogP contribution is 2.14. The van der Waals surface area contributed by atoms with Crippen molar-refractivity contribution in [2.24, 2.45) is 0 Å². The van der Waals surface area contributed by atoms with Crippen LogP contribution in [0.1, 0.15) is 36.7 Å². The monoisotopic (exact) mass is 235 g/mol. The molecule has 0 saturated carbocycles. The zero-order valence-electron chi connectivity index (χ0n) is 11.1. The maximum absolute atomic E-state index is 11.6. The van der Waals surface area contributed by atoms with Crippen molar-refractivity contribution < 1.29 is 9.53 Å². The summed E-state index contributed by atoms with van der Waals surface area (Å²) in [7, 11) is 1.42. The molecule has 3 nitrogen and oxygen atoms in total. The van der Waals surface area contributed by atoms with Crippen molar-refractivity contribution in [2.75, 3.05) is 13.7 Å². The van der Waals surface area contributed by atoms with Crippen molar-refractivity contribution in [3.8, 4) is 0 Å². The molecule has 0 aliphatic rings. The van der Waals surface area contributed by atoms with Crippen LogP contribution in [-0.4, -0.2) is 30.6 Å². The van der Waals surface area contributed by atoms with Crippen LogP contribution in [0.3, 0.4) is 0 Å². The van der Waals surface area contributed by atoms with E-state index in [9.17, 15) is 4.79 Å². The van der Waals surface area contributed by atoms with Gasteiger partial charge in [0.05, 0.1) is 12.7 Å². The summed E-state index contributed by atoms with van der Waals surface area (Å²) in [5, 5.41) is 0. The minimum absolute atomic E-state index is 0.264. The average Bonchev–Trinajstić information content (AvgIpc) is 2.35. The van der Waals surface area contributed by atoms with Crippen molar-refractivity contribution in [3.05, 3.63) is 35.4 Å². The molecule has 17 heavy (non-hydrogen) atoms. The fraction of sp³-hybridized carbons (Fsp3) is 0.500. The van der Waals surface area contributed by atoms with Crippen molar-refractivity contribution in [1.82, 2.24) is 4.90 Å². The van der Waals surface area contributed by atoms with Crippen LogP contribution in [-0.2, 0) is 11.3 Å². The molecule has 94 valence electrons. The molecule has 0 aromatic heterocycles. The van der Waals surface area contributed by atoms with Crippen LogP contribution in [0, 0.1) is 0 Å². The maximum Gasteiger partial charge on any atom is 0.338 e. The average molecular weight is 235 g/mol. The summed E-state index contributed by atoms with van der Waals surface area (Å²) in [4.78, 5) is 13.9. The van der Waals surface area contributed by atoms with Crippen LogP contribution >= 0.6 is 0 Å². The topological polar surface area (TPSA) is 29.5 Å². The summed E-state index contributed by atoms with van der Waals surface area (Å²) in [6.07, 6.45) is 0. The van der Waals surface area contributed by atoms with E-state index < -0.39 is 0 Å². The number of benzene rings is 1. The number of nitrogens with zero attached hydrogens (tertiary/aromatic N) is 1. The number of esters is 1. The minimum atomic E-state index is -0.264. The van der Waals surface area contributed by atoms with E-state index in [0.717, 1.165) is 18.7 Å². The second kappa shape index (κ2) is 6.40. The molecule has 0 unspecified atom stereocenters. The first-order valence-corrected chi connectivity index (χ1v) is 6.00. The fourth-order valence-corrected chi connectivity index (χ4v) is 1.85. The van der Waals surface area contributed by atoms with Gasteiger partial charge in [0.25, 0.3) is 0 Å². The van der Waals surface area contributed by atoms with E-state index >= 15 is 0 Å². The van der Waals surface area contributed by atoms with Gasteiger partial charge in [0, 0.05) is 12.6 Å². The Morgan fingerprint density at radius 1 is 1.35 bits per heavy atom. The smallest absolute Gasteiger partial charge is 0.338 e. The van der Waals surface area contributed by atoms with Crippen LogP contribution in [0.15, 0.2) is 24.3 Å². The lowest BCUT2D eigenvalue weighted by Crippen LogP contribution is -2.30. The quantitative estimate of drug-likeness (QED) is 0.735. The lowest BCUT2D eigenvalue weighted by molar-refractivity contribution is 0.0597. The molecule has 1 rings (SSSR count). The van der Waals surface area contributed by atoms with E-state index in [1.807, 2.05) is 24.3 Å². The van der Waals surface area contributed by atoms with Crippen molar-refractivity contribution in [2.45, 2.75) is 33.4 Å². The van der Waals surface area contributed by atoms with Crippen molar-refractivity contribution >= 4 is 5.97 Å². The Morgan fingerprint density at radius 3 is 2.53 bits per heavy atom. The van der Waals surface area contributed by atoms with Gasteiger partial charge in [-0.1, -0.05) is 25.1 Å². The third-order valence-corrected chi connectivity index (χ3v) is 2.93. The Labute approximate surface area is 103 Å². The molecule has 0 radical (unpaired) electrons. The lowest BCUT2D eigenvalue weighted by Gasteiger charge is -2.25. The van der Waals surface area contributed by atoms with Crippen LogP contribution in [0.2, 0.25) is 0 Å². The van der Waals surface area contributed by atoms with Gasteiger partial charge in [0.1, 0.15) is 0 Å². The first-order chi connectivity index (χ1) is 8.10. The van der Waals surface area contributed by atoms with Gasteiger partial charge < -0.3 is 4.74 Å². The third kappa shape index (κ3) is 3.56. The highest BCUT2D eigenvalue weighted by atomic mass is 16.5. The number of hydrogen-bond donors (Lipinski definition) is 0. The van der Waals surface area contributed by atoms with E-state index in [0.29, 0.717) is 11.6 Å². The van der Waals surface area contributed by atoms with E-state index in [1.165, 1.54) is 7.11 Å². The van der Waals surface area contributed by atoms with Crippen LogP contribution in [0.4, 0.5) is 0 Å². The Kier molecular flexibility index (Phi) is 5.16. The minimum Gasteiger partial charge on any atom is -0.465 e. The molecular weight excluding hydrogens is 214 g/mol. The molecule has 0 saturated heterocycles. The molecule has 0 fully saturated rings. The number of rotatable bonds is 5. The molecule has 0 aliphatic heterocycles. The van der Waals surface area contributed by atoms with E-state index in [2.05, 4.69) is 25.7 Å². The molecule has 1 aromatic carbocycles. The van der Waals surface area contributed by atoms with Gasteiger partial charge in [-0.05, 0) is 32.0 Å². The number of methoxy groups -OCH3 is 1. The summed E-state index contributed by atoms with van der Waals surface area (Å²) < 4.78 is 4.80. The molecule has 0 atom stereocenters. The normalized spacial score (nSPS) is 10.9. The summed E-state index contributed by atoms with van der Waals surface area (Å²) in [5.41, 5.74) is 1.68. The van der Waals surface area contributed by atoms with Gasteiger partial charge >= 0.3 is 5.97 Å². The summed E-state index contributed by atoms with van der Waals surface area (Å²) in [6, 6.07) is 8.08. The molecular formula is C14H21NO2. The van der Waals surface area contributed by atoms with Gasteiger partial charge in [0.2, 0.25) is 0 Å². The summed E-state index contributed by atoms with van der Waals surface area (Å²) >= 11 is 0. The van der Waals surface area contributed by atoms with Crippen LogP contribution in [0.5, 0.6) is 0 Å². The second-order valence-corrected chi connectivity index (χ2v) is 4.31. The largest absolute Gasteiger partial charge is 0.465 e. The molecule has 0 spiro atoms. The molecule has 0 heterocycles. The Bertz CT molecular complexity index is 374. The maximum atomic E-state index is 11.6. The molecule has 3 heteroatoms. The fourth-order valence-electron chi connectivity index (χ4n) is 1.85. The van der Waals surface area contributed by atoms with Gasteiger partial charge in [-0.25, -0.2) is 4.79 Å². The Morgan fingerprint density at radius 2 is 2.00 bits per heavy atom. The summed E-state index contributed by atoms with van der Waals surface area (Å²) in [6.45, 7) is 8.18. The third-order valence-electron chi connectivity index (χ3n) is 2.93. The predicted octanol–water partition coefficient (Wildman–Crippen LogP) is 2.70. The molecule has 1 aromatic rings. The van der Waals surface area contributed by atoms with Gasteiger partial charge in [-0.3, -0.25) is 4.90 Å². The Balaban J connectivity index is 2.93. The predicted molar refractivity (Wildman–Crippen MR) is 69.0 cm³/mol. The first kappa shape index (κ1) is 13.7. The second-order valence-electron chi connectivity index (χ2n) is 4.31. The van der Waals surface area contributed by atoms with Crippen LogP contribution in [0.25, 0.3) is 0 Å². The number of hydrogen-bond acceptors (Lipinski definition) is 3. The number of carbonyl (C=O) groups is 1. The van der Waals surface area contributed by atoms with Crippen molar-refractivity contribution in [1.29, 1.82) is 0 Å². The van der Waals surface area contributed by atoms with Crippen LogP contribution < -0.4 is 0 Å². The highest BCUT2D eigenvalue weighted by Gasteiger charge is 2.14. The number of carbonyl (C=O) groups excluding carboxylic acids is 1. The highest BCUT2D eigenvalue weighted by molar-refractivity contribution is 5.90. The number of ether oxygens (including phenoxy) is 1.